The van der Waals surface area contributed by atoms with Gasteiger partial charge in [-0.15, -0.1) is 0 Å². The molecular formula is C19H22N2O6. The third-order valence-corrected chi connectivity index (χ3v) is 3.41. The first-order valence-electron chi connectivity index (χ1n) is 8.20. The quantitative estimate of drug-likeness (QED) is 0.516. The van der Waals surface area contributed by atoms with Crippen LogP contribution in [0.1, 0.15) is 12.5 Å². The van der Waals surface area contributed by atoms with Crippen LogP contribution in [0.5, 0.6) is 28.7 Å². The van der Waals surface area contributed by atoms with Crippen molar-refractivity contribution in [1.82, 2.24) is 5.43 Å². The molecule has 2 rings (SSSR count). The van der Waals surface area contributed by atoms with Crippen LogP contribution >= 0.6 is 0 Å². The molecule has 0 radical (unpaired) electrons. The molecule has 0 aliphatic heterocycles. The van der Waals surface area contributed by atoms with Crippen LogP contribution in [-0.4, -0.2) is 44.7 Å². The Balaban J connectivity index is 1.94. The van der Waals surface area contributed by atoms with Gasteiger partial charge in [0.2, 0.25) is 5.75 Å². The molecule has 1 amide bonds. The molecule has 0 aliphatic rings. The predicted octanol–water partition coefficient (Wildman–Crippen LogP) is 2.34. The number of nitrogens with zero attached hydrogens (tertiary/aromatic N) is 1. The van der Waals surface area contributed by atoms with Gasteiger partial charge in [0.05, 0.1) is 27.0 Å². The van der Waals surface area contributed by atoms with Crippen LogP contribution in [0.3, 0.4) is 0 Å². The minimum Gasteiger partial charge on any atom is -0.502 e. The lowest BCUT2D eigenvalue weighted by atomic mass is 10.2. The maximum atomic E-state index is 11.9. The lowest BCUT2D eigenvalue weighted by Gasteiger charge is -2.10. The summed E-state index contributed by atoms with van der Waals surface area (Å²) in [6.45, 7) is 2.14. The molecule has 27 heavy (non-hydrogen) atoms. The normalized spacial score (nSPS) is 10.5. The number of ether oxygens (including phenoxy) is 4. The van der Waals surface area contributed by atoms with Crippen LogP contribution in [0.25, 0.3) is 0 Å². The number of carbonyl (C=O) groups is 1. The zero-order valence-corrected chi connectivity index (χ0v) is 15.4. The number of benzene rings is 2. The second-order valence-corrected chi connectivity index (χ2v) is 5.24. The molecule has 8 nitrogen and oxygen atoms in total. The maximum Gasteiger partial charge on any atom is 0.277 e. The average molecular weight is 374 g/mol. The monoisotopic (exact) mass is 374 g/mol. The Labute approximate surface area is 157 Å². The fraction of sp³-hybridized carbons (Fsp3) is 0.263. The van der Waals surface area contributed by atoms with Crippen molar-refractivity contribution in [3.63, 3.8) is 0 Å². The number of para-hydroxylation sites is 2. The number of methoxy groups -OCH3 is 2. The molecule has 8 heteroatoms. The van der Waals surface area contributed by atoms with Crippen molar-refractivity contribution < 1.29 is 28.8 Å². The van der Waals surface area contributed by atoms with Gasteiger partial charge in [0.25, 0.3) is 5.91 Å². The summed E-state index contributed by atoms with van der Waals surface area (Å²) in [5, 5.41) is 13.7. The summed E-state index contributed by atoms with van der Waals surface area (Å²) in [4.78, 5) is 11.9. The average Bonchev–Trinajstić information content (AvgIpc) is 2.68. The summed E-state index contributed by atoms with van der Waals surface area (Å²) < 4.78 is 21.0. The molecule has 0 heterocycles. The van der Waals surface area contributed by atoms with Gasteiger partial charge in [-0.3, -0.25) is 4.79 Å². The minimum absolute atomic E-state index is 0.109. The molecule has 0 bridgehead atoms. The lowest BCUT2D eigenvalue weighted by Crippen LogP contribution is -2.24. The van der Waals surface area contributed by atoms with Gasteiger partial charge in [-0.2, -0.15) is 5.10 Å². The van der Waals surface area contributed by atoms with Crippen LogP contribution in [-0.2, 0) is 4.79 Å². The number of aromatic hydroxyl groups is 1. The van der Waals surface area contributed by atoms with Crippen LogP contribution < -0.4 is 24.4 Å². The van der Waals surface area contributed by atoms with Crippen molar-refractivity contribution in [2.24, 2.45) is 5.10 Å². The van der Waals surface area contributed by atoms with Crippen molar-refractivity contribution in [2.75, 3.05) is 27.4 Å². The number of hydrazone groups is 1. The molecule has 0 saturated heterocycles. The highest BCUT2D eigenvalue weighted by atomic mass is 16.5. The molecule has 0 atom stereocenters. The number of hydrogen-bond acceptors (Lipinski definition) is 7. The van der Waals surface area contributed by atoms with E-state index in [-0.39, 0.29) is 23.9 Å². The summed E-state index contributed by atoms with van der Waals surface area (Å²) >= 11 is 0. The molecule has 144 valence electrons. The Morgan fingerprint density at radius 2 is 1.67 bits per heavy atom. The van der Waals surface area contributed by atoms with Gasteiger partial charge in [-0.05, 0) is 31.2 Å². The summed E-state index contributed by atoms with van der Waals surface area (Å²) in [6, 6.07) is 10.2. The predicted molar refractivity (Wildman–Crippen MR) is 100 cm³/mol. The van der Waals surface area contributed by atoms with E-state index in [9.17, 15) is 9.90 Å². The summed E-state index contributed by atoms with van der Waals surface area (Å²) in [6.07, 6.45) is 1.40. The van der Waals surface area contributed by atoms with Crippen molar-refractivity contribution in [2.45, 2.75) is 6.92 Å². The largest absolute Gasteiger partial charge is 0.502 e. The van der Waals surface area contributed by atoms with Gasteiger partial charge in [0.1, 0.15) is 0 Å². The van der Waals surface area contributed by atoms with Gasteiger partial charge in [-0.1, -0.05) is 12.1 Å². The molecule has 0 saturated carbocycles. The van der Waals surface area contributed by atoms with Crippen LogP contribution in [0.2, 0.25) is 0 Å². The summed E-state index contributed by atoms with van der Waals surface area (Å²) in [5.41, 5.74) is 2.94. The van der Waals surface area contributed by atoms with Crippen LogP contribution in [0.4, 0.5) is 0 Å². The van der Waals surface area contributed by atoms with Crippen molar-refractivity contribution in [1.29, 1.82) is 0 Å². The van der Waals surface area contributed by atoms with E-state index in [0.29, 0.717) is 23.7 Å². The number of amides is 1. The first-order valence-corrected chi connectivity index (χ1v) is 8.20. The number of nitrogens with one attached hydrogen (secondary N) is 1. The number of hydrogen-bond donors (Lipinski definition) is 2. The van der Waals surface area contributed by atoms with Crippen LogP contribution in [0.15, 0.2) is 41.5 Å². The summed E-state index contributed by atoms with van der Waals surface area (Å²) in [7, 11) is 2.85. The molecule has 2 aromatic rings. The number of phenolic OH excluding ortho intramolecular Hbond substituents is 1. The molecule has 0 unspecified atom stereocenters. The topological polar surface area (TPSA) is 98.6 Å². The van der Waals surface area contributed by atoms with Crippen molar-refractivity contribution in [3.8, 4) is 28.7 Å². The van der Waals surface area contributed by atoms with E-state index in [1.807, 2.05) is 13.0 Å². The number of phenols is 1. The van der Waals surface area contributed by atoms with Crippen LogP contribution in [0, 0.1) is 0 Å². The first-order chi connectivity index (χ1) is 13.1. The highest BCUT2D eigenvalue weighted by molar-refractivity contribution is 5.84. The minimum atomic E-state index is -0.435. The lowest BCUT2D eigenvalue weighted by molar-refractivity contribution is -0.123. The van der Waals surface area contributed by atoms with Gasteiger partial charge in [0.15, 0.2) is 29.6 Å². The van der Waals surface area contributed by atoms with Gasteiger partial charge < -0.3 is 24.1 Å². The van der Waals surface area contributed by atoms with Gasteiger partial charge >= 0.3 is 0 Å². The third-order valence-electron chi connectivity index (χ3n) is 3.41. The molecule has 0 aliphatic carbocycles. The highest BCUT2D eigenvalue weighted by Gasteiger charge is 2.10. The Morgan fingerprint density at radius 1 is 1.07 bits per heavy atom. The van der Waals surface area contributed by atoms with E-state index in [2.05, 4.69) is 10.5 Å². The van der Waals surface area contributed by atoms with E-state index >= 15 is 0 Å². The second-order valence-electron chi connectivity index (χ2n) is 5.24. The Hall–Kier alpha value is -3.42. The Morgan fingerprint density at radius 3 is 2.22 bits per heavy atom. The number of carbonyl (C=O) groups excluding carboxylic acids is 1. The third kappa shape index (κ3) is 5.53. The highest BCUT2D eigenvalue weighted by Crippen LogP contribution is 2.36. The van der Waals surface area contributed by atoms with E-state index in [4.69, 9.17) is 18.9 Å². The van der Waals surface area contributed by atoms with E-state index in [0.717, 1.165) is 0 Å². The number of rotatable bonds is 9. The molecule has 0 spiro atoms. The standard InChI is InChI=1S/C19H22N2O6/c1-4-26-14-7-5-6-8-15(14)27-12-18(22)21-20-11-13-9-16(24-2)19(23)17(10-13)25-3/h5-11,23H,4,12H2,1-3H3,(H,21,22)/b20-11+. The van der Waals surface area contributed by atoms with E-state index < -0.39 is 5.91 Å². The fourth-order valence-electron chi connectivity index (χ4n) is 2.19. The zero-order chi connectivity index (χ0) is 19.6. The first kappa shape index (κ1) is 19.9. The SMILES string of the molecule is CCOc1ccccc1OCC(=O)N/N=C/c1cc(OC)c(O)c(OC)c1. The molecule has 2 aromatic carbocycles. The van der Waals surface area contributed by atoms with Crippen molar-refractivity contribution >= 4 is 12.1 Å². The van der Waals surface area contributed by atoms with E-state index in [1.165, 1.54) is 20.4 Å². The molecule has 2 N–H and O–H groups in total. The van der Waals surface area contributed by atoms with E-state index in [1.54, 1.807) is 30.3 Å². The fourth-order valence-corrected chi connectivity index (χ4v) is 2.19. The molecule has 0 aromatic heterocycles. The Bertz CT molecular complexity index is 782. The second kappa shape index (κ2) is 9.91. The smallest absolute Gasteiger partial charge is 0.277 e. The van der Waals surface area contributed by atoms with Gasteiger partial charge in [0, 0.05) is 5.56 Å². The molecular weight excluding hydrogens is 352 g/mol. The van der Waals surface area contributed by atoms with Gasteiger partial charge in [-0.25, -0.2) is 5.43 Å². The zero-order valence-electron chi connectivity index (χ0n) is 15.4. The van der Waals surface area contributed by atoms with Crippen molar-refractivity contribution in [3.05, 3.63) is 42.0 Å². The maximum absolute atomic E-state index is 11.9. The molecule has 0 fully saturated rings. The summed E-state index contributed by atoms with van der Waals surface area (Å²) in [5.74, 6) is 0.972. The Kier molecular flexibility index (Phi) is 7.30.